The Kier molecular flexibility index (Phi) is 6.93. The van der Waals surface area contributed by atoms with Crippen LogP contribution in [0.3, 0.4) is 0 Å². The zero-order valence-electron chi connectivity index (χ0n) is 19.9. The van der Waals surface area contributed by atoms with E-state index < -0.39 is 10.0 Å². The van der Waals surface area contributed by atoms with Crippen LogP contribution in [-0.4, -0.2) is 43.6 Å². The minimum atomic E-state index is -3.53. The Labute approximate surface area is 209 Å². The zero-order valence-corrected chi connectivity index (χ0v) is 21.5. The van der Waals surface area contributed by atoms with Gasteiger partial charge in [-0.3, -0.25) is 0 Å². The third-order valence-electron chi connectivity index (χ3n) is 6.07. The number of furan rings is 1. The highest BCUT2D eigenvalue weighted by Gasteiger charge is 2.26. The summed E-state index contributed by atoms with van der Waals surface area (Å²) < 4.78 is 40.9. The van der Waals surface area contributed by atoms with E-state index in [1.165, 1.54) is 4.31 Å². The first-order valence-electron chi connectivity index (χ1n) is 11.8. The van der Waals surface area contributed by atoms with Crippen LogP contribution in [0, 0.1) is 5.92 Å². The van der Waals surface area contributed by atoms with Gasteiger partial charge < -0.3 is 13.7 Å². The summed E-state index contributed by atoms with van der Waals surface area (Å²) >= 11 is 1.56. The van der Waals surface area contributed by atoms with Crippen LogP contribution in [0.5, 0.6) is 0 Å². The van der Waals surface area contributed by atoms with E-state index in [2.05, 4.69) is 29.9 Å². The second-order valence-corrected chi connectivity index (χ2v) is 11.8. The lowest BCUT2D eigenvalue weighted by atomic mass is 10.1. The molecule has 1 aliphatic rings. The summed E-state index contributed by atoms with van der Waals surface area (Å²) in [5.74, 6) is 1.36. The van der Waals surface area contributed by atoms with Gasteiger partial charge in [-0.2, -0.15) is 4.31 Å². The van der Waals surface area contributed by atoms with Gasteiger partial charge in [0.2, 0.25) is 10.0 Å². The van der Waals surface area contributed by atoms with Crippen LogP contribution in [0.1, 0.15) is 20.3 Å². The standard InChI is InChI=1S/C26H29N3O4S2/c1-19(2)11-12-29-23(25-17-20-5-3-4-6-24(20)33-25)18-34-26(29)27-21-7-9-22(10-8-21)35(30,31)28-13-15-32-16-14-28/h3-10,17-19H,11-16H2,1-2H3. The Morgan fingerprint density at radius 1 is 1.06 bits per heavy atom. The Morgan fingerprint density at radius 2 is 1.80 bits per heavy atom. The molecule has 0 aliphatic carbocycles. The topological polar surface area (TPSA) is 77.0 Å². The second kappa shape index (κ2) is 10.1. The van der Waals surface area contributed by atoms with Gasteiger partial charge in [0.1, 0.15) is 5.58 Å². The second-order valence-electron chi connectivity index (χ2n) is 9.01. The maximum absolute atomic E-state index is 12.9. The first-order valence-corrected chi connectivity index (χ1v) is 14.1. The minimum absolute atomic E-state index is 0.278. The highest BCUT2D eigenvalue weighted by Crippen LogP contribution is 2.29. The number of para-hydroxylation sites is 1. The van der Waals surface area contributed by atoms with Crippen molar-refractivity contribution in [2.45, 2.75) is 31.7 Å². The number of ether oxygens (including phenoxy) is 1. The van der Waals surface area contributed by atoms with Crippen molar-refractivity contribution >= 4 is 38.0 Å². The van der Waals surface area contributed by atoms with Crippen LogP contribution < -0.4 is 4.80 Å². The highest BCUT2D eigenvalue weighted by molar-refractivity contribution is 7.89. The largest absolute Gasteiger partial charge is 0.454 e. The molecule has 0 spiro atoms. The monoisotopic (exact) mass is 511 g/mol. The molecule has 0 radical (unpaired) electrons. The van der Waals surface area contributed by atoms with E-state index in [-0.39, 0.29) is 4.90 Å². The number of rotatable bonds is 7. The van der Waals surface area contributed by atoms with Crippen LogP contribution in [0.25, 0.3) is 22.4 Å². The van der Waals surface area contributed by atoms with E-state index in [9.17, 15) is 8.42 Å². The average Bonchev–Trinajstić information content (AvgIpc) is 3.47. The number of thiazole rings is 1. The molecule has 0 atom stereocenters. The first-order chi connectivity index (χ1) is 16.9. The molecule has 1 fully saturated rings. The Hall–Kier alpha value is -2.72. The summed E-state index contributed by atoms with van der Waals surface area (Å²) in [6.45, 7) is 6.84. The number of hydrogen-bond donors (Lipinski definition) is 0. The van der Waals surface area contributed by atoms with Gasteiger partial charge in [-0.15, -0.1) is 11.3 Å². The van der Waals surface area contributed by atoms with Gasteiger partial charge in [0, 0.05) is 30.4 Å². The van der Waals surface area contributed by atoms with Crippen molar-refractivity contribution in [2.75, 3.05) is 26.3 Å². The summed E-state index contributed by atoms with van der Waals surface area (Å²) in [5.41, 5.74) is 2.57. The summed E-state index contributed by atoms with van der Waals surface area (Å²) in [5, 5.41) is 3.15. The number of aromatic nitrogens is 1. The molecule has 2 aromatic carbocycles. The smallest absolute Gasteiger partial charge is 0.243 e. The molecule has 35 heavy (non-hydrogen) atoms. The van der Waals surface area contributed by atoms with Crippen LogP contribution >= 0.6 is 11.3 Å². The van der Waals surface area contributed by atoms with Gasteiger partial charge in [-0.25, -0.2) is 13.4 Å². The lowest BCUT2D eigenvalue weighted by Crippen LogP contribution is -2.40. The van der Waals surface area contributed by atoms with Crippen LogP contribution in [-0.2, 0) is 21.3 Å². The fraction of sp³-hybridized carbons (Fsp3) is 0.346. The Morgan fingerprint density at radius 3 is 2.51 bits per heavy atom. The van der Waals surface area contributed by atoms with Gasteiger partial charge in [0.25, 0.3) is 0 Å². The summed E-state index contributed by atoms with van der Waals surface area (Å²) in [4.78, 5) is 6.00. The van der Waals surface area contributed by atoms with Crippen molar-refractivity contribution in [3.05, 3.63) is 64.8 Å². The molecule has 9 heteroatoms. The maximum Gasteiger partial charge on any atom is 0.243 e. The normalized spacial score (nSPS) is 15.9. The number of morpholine rings is 1. The van der Waals surface area contributed by atoms with Crippen molar-refractivity contribution < 1.29 is 17.6 Å². The number of sulfonamides is 1. The molecule has 1 aliphatic heterocycles. The molecule has 0 bridgehead atoms. The number of hydrogen-bond acceptors (Lipinski definition) is 6. The van der Waals surface area contributed by atoms with Gasteiger partial charge in [-0.05, 0) is 48.7 Å². The van der Waals surface area contributed by atoms with Crippen molar-refractivity contribution in [3.8, 4) is 11.5 Å². The molecule has 4 aromatic rings. The lowest BCUT2D eigenvalue weighted by Gasteiger charge is -2.26. The molecule has 3 heterocycles. The molecule has 0 unspecified atom stereocenters. The van der Waals surface area contributed by atoms with Crippen LogP contribution in [0.4, 0.5) is 5.69 Å². The van der Waals surface area contributed by atoms with E-state index in [1.54, 1.807) is 35.6 Å². The van der Waals surface area contributed by atoms with Gasteiger partial charge in [0.15, 0.2) is 10.6 Å². The van der Waals surface area contributed by atoms with E-state index >= 15 is 0 Å². The third-order valence-corrected chi connectivity index (χ3v) is 8.85. The van der Waals surface area contributed by atoms with Gasteiger partial charge >= 0.3 is 0 Å². The van der Waals surface area contributed by atoms with Crippen molar-refractivity contribution in [2.24, 2.45) is 10.9 Å². The third kappa shape index (κ3) is 5.13. The first kappa shape index (κ1) is 24.0. The van der Waals surface area contributed by atoms with Crippen molar-refractivity contribution in [1.82, 2.24) is 8.87 Å². The molecule has 7 nitrogen and oxygen atoms in total. The van der Waals surface area contributed by atoms with E-state index in [1.807, 2.05) is 24.3 Å². The Balaban J connectivity index is 1.49. The molecule has 2 aromatic heterocycles. The molecule has 0 N–H and O–H groups in total. The van der Waals surface area contributed by atoms with Crippen LogP contribution in [0.2, 0.25) is 0 Å². The molecule has 0 saturated carbocycles. The highest BCUT2D eigenvalue weighted by atomic mass is 32.2. The van der Waals surface area contributed by atoms with Gasteiger partial charge in [-0.1, -0.05) is 32.0 Å². The van der Waals surface area contributed by atoms with Crippen LogP contribution in [0.15, 0.2) is 74.3 Å². The fourth-order valence-electron chi connectivity index (χ4n) is 4.07. The maximum atomic E-state index is 12.9. The van der Waals surface area contributed by atoms with E-state index in [0.717, 1.165) is 40.2 Å². The van der Waals surface area contributed by atoms with Gasteiger partial charge in [0.05, 0.1) is 29.5 Å². The number of nitrogens with zero attached hydrogens (tertiary/aromatic N) is 3. The molecular formula is C26H29N3O4S2. The number of fused-ring (bicyclic) bond motifs is 1. The molecule has 0 amide bonds. The quantitative estimate of drug-likeness (QED) is 0.339. The summed E-state index contributed by atoms with van der Waals surface area (Å²) in [6.07, 6.45) is 1.01. The zero-order chi connectivity index (χ0) is 24.4. The molecule has 5 rings (SSSR count). The summed E-state index contributed by atoms with van der Waals surface area (Å²) in [6, 6.07) is 16.9. The number of benzene rings is 2. The minimum Gasteiger partial charge on any atom is -0.454 e. The Bertz CT molecular complexity index is 1440. The SMILES string of the molecule is CC(C)CCn1c(-c2cc3ccccc3o2)csc1=Nc1ccc(S(=O)(=O)N2CCOCC2)cc1. The predicted octanol–water partition coefficient (Wildman–Crippen LogP) is 5.26. The average molecular weight is 512 g/mol. The molecule has 184 valence electrons. The van der Waals surface area contributed by atoms with E-state index in [0.29, 0.717) is 37.9 Å². The fourth-order valence-corrected chi connectivity index (χ4v) is 6.41. The molecular weight excluding hydrogens is 482 g/mol. The molecule has 1 saturated heterocycles. The predicted molar refractivity (Wildman–Crippen MR) is 138 cm³/mol. The van der Waals surface area contributed by atoms with E-state index in [4.69, 9.17) is 14.1 Å². The lowest BCUT2D eigenvalue weighted by molar-refractivity contribution is 0.0730. The van der Waals surface area contributed by atoms with Crippen molar-refractivity contribution in [3.63, 3.8) is 0 Å². The van der Waals surface area contributed by atoms with Crippen molar-refractivity contribution in [1.29, 1.82) is 0 Å². The summed E-state index contributed by atoms with van der Waals surface area (Å²) in [7, 11) is -3.53.